The van der Waals surface area contributed by atoms with Crippen molar-refractivity contribution < 1.29 is 9.90 Å². The number of hydrogen-bond donors (Lipinski definition) is 1. The number of carbonyl (C=O) groups is 1. The summed E-state index contributed by atoms with van der Waals surface area (Å²) in [7, 11) is 0. The van der Waals surface area contributed by atoms with Crippen LogP contribution in [0.25, 0.3) is 0 Å². The van der Waals surface area contributed by atoms with Gasteiger partial charge in [-0.25, -0.2) is 0 Å². The van der Waals surface area contributed by atoms with Crippen molar-refractivity contribution in [2.75, 3.05) is 0 Å². The fourth-order valence-electron chi connectivity index (χ4n) is 1.77. The Kier molecular flexibility index (Phi) is 3.64. The molecule has 0 saturated heterocycles. The van der Waals surface area contributed by atoms with Crippen molar-refractivity contribution in [3.63, 3.8) is 0 Å². The Morgan fingerprint density at radius 3 is 2.27 bits per heavy atom. The van der Waals surface area contributed by atoms with Crippen LogP contribution < -0.4 is 0 Å². The Bertz CT molecular complexity index is 330. The molecular weight excluding hydrogens is 188 g/mol. The van der Waals surface area contributed by atoms with Crippen LogP contribution in [0.1, 0.15) is 32.8 Å². The summed E-state index contributed by atoms with van der Waals surface area (Å²) in [5.74, 6) is 0.0847. The molecule has 1 aromatic carbocycles. The van der Waals surface area contributed by atoms with Gasteiger partial charge >= 0.3 is 0 Å². The average molecular weight is 206 g/mol. The summed E-state index contributed by atoms with van der Waals surface area (Å²) < 4.78 is 0. The lowest BCUT2D eigenvalue weighted by Crippen LogP contribution is -2.35. The van der Waals surface area contributed by atoms with Crippen LogP contribution in [0.2, 0.25) is 0 Å². The highest BCUT2D eigenvalue weighted by Gasteiger charge is 2.34. The van der Waals surface area contributed by atoms with E-state index in [0.29, 0.717) is 12.0 Å². The summed E-state index contributed by atoms with van der Waals surface area (Å²) >= 11 is 0. The zero-order valence-corrected chi connectivity index (χ0v) is 9.53. The molecule has 2 heteroatoms. The zero-order valence-electron chi connectivity index (χ0n) is 9.53. The standard InChI is InChI=1S/C13H18O2/c1-10(2)9-13(15,11(3)14)12-7-5-4-6-8-12/h4-8,10,15H,9H2,1-3H3/t13-/m1/s1. The third-order valence-corrected chi connectivity index (χ3v) is 2.54. The Morgan fingerprint density at radius 2 is 1.87 bits per heavy atom. The van der Waals surface area contributed by atoms with Gasteiger partial charge in [0.15, 0.2) is 5.78 Å². The number of carbonyl (C=O) groups excluding carboxylic acids is 1. The van der Waals surface area contributed by atoms with E-state index in [1.54, 1.807) is 12.1 Å². The fourth-order valence-corrected chi connectivity index (χ4v) is 1.77. The predicted molar refractivity (Wildman–Crippen MR) is 60.5 cm³/mol. The van der Waals surface area contributed by atoms with Crippen molar-refractivity contribution in [2.24, 2.45) is 5.92 Å². The molecule has 0 aliphatic rings. The molecular formula is C13H18O2. The lowest BCUT2D eigenvalue weighted by molar-refractivity contribution is -0.137. The average Bonchev–Trinajstić information content (AvgIpc) is 2.17. The van der Waals surface area contributed by atoms with E-state index in [-0.39, 0.29) is 11.7 Å². The molecule has 1 atom stereocenters. The van der Waals surface area contributed by atoms with E-state index in [1.165, 1.54) is 6.92 Å². The Balaban J connectivity index is 3.07. The smallest absolute Gasteiger partial charge is 0.165 e. The third kappa shape index (κ3) is 2.66. The first-order valence-electron chi connectivity index (χ1n) is 5.25. The van der Waals surface area contributed by atoms with Crippen LogP contribution in [0.5, 0.6) is 0 Å². The molecule has 0 aromatic heterocycles. The van der Waals surface area contributed by atoms with Gasteiger partial charge in [-0.15, -0.1) is 0 Å². The SMILES string of the molecule is CC(=O)[C@](O)(CC(C)C)c1ccccc1. The molecule has 0 spiro atoms. The topological polar surface area (TPSA) is 37.3 Å². The normalized spacial score (nSPS) is 15.0. The number of rotatable bonds is 4. The summed E-state index contributed by atoms with van der Waals surface area (Å²) in [5.41, 5.74) is -0.638. The molecule has 15 heavy (non-hydrogen) atoms. The number of aliphatic hydroxyl groups is 1. The first-order chi connectivity index (χ1) is 6.97. The van der Waals surface area contributed by atoms with E-state index in [4.69, 9.17) is 0 Å². The van der Waals surface area contributed by atoms with Gasteiger partial charge in [-0.1, -0.05) is 44.2 Å². The molecule has 0 aliphatic heterocycles. The maximum atomic E-state index is 11.6. The molecule has 0 unspecified atom stereocenters. The van der Waals surface area contributed by atoms with Crippen LogP contribution in [0.15, 0.2) is 30.3 Å². The Morgan fingerprint density at radius 1 is 1.33 bits per heavy atom. The molecule has 0 fully saturated rings. The molecule has 1 N–H and O–H groups in total. The van der Waals surface area contributed by atoms with Gasteiger partial charge < -0.3 is 5.11 Å². The first-order valence-corrected chi connectivity index (χ1v) is 5.25. The van der Waals surface area contributed by atoms with Crippen LogP contribution in [0.3, 0.4) is 0 Å². The molecule has 0 heterocycles. The van der Waals surface area contributed by atoms with Crippen molar-refractivity contribution in [1.29, 1.82) is 0 Å². The number of hydrogen-bond acceptors (Lipinski definition) is 2. The number of benzene rings is 1. The van der Waals surface area contributed by atoms with Gasteiger partial charge in [-0.3, -0.25) is 4.79 Å². The van der Waals surface area contributed by atoms with E-state index in [1.807, 2.05) is 32.0 Å². The number of ketones is 1. The first kappa shape index (κ1) is 11.9. The third-order valence-electron chi connectivity index (χ3n) is 2.54. The van der Waals surface area contributed by atoms with Crippen LogP contribution in [-0.4, -0.2) is 10.9 Å². The highest BCUT2D eigenvalue weighted by atomic mass is 16.3. The van der Waals surface area contributed by atoms with E-state index in [0.717, 1.165) is 0 Å². The predicted octanol–water partition coefficient (Wildman–Crippen LogP) is 2.51. The van der Waals surface area contributed by atoms with Crippen molar-refractivity contribution in [3.8, 4) is 0 Å². The summed E-state index contributed by atoms with van der Waals surface area (Å²) in [6, 6.07) is 9.14. The Hall–Kier alpha value is -1.15. The van der Waals surface area contributed by atoms with E-state index in [9.17, 15) is 9.90 Å². The van der Waals surface area contributed by atoms with Gasteiger partial charge in [0.25, 0.3) is 0 Å². The van der Waals surface area contributed by atoms with Gasteiger partial charge in [0.1, 0.15) is 5.60 Å². The molecule has 0 aliphatic carbocycles. The highest BCUT2D eigenvalue weighted by molar-refractivity contribution is 5.86. The summed E-state index contributed by atoms with van der Waals surface area (Å²) in [6.45, 7) is 5.43. The minimum atomic E-state index is -1.32. The van der Waals surface area contributed by atoms with Crippen LogP contribution in [-0.2, 0) is 10.4 Å². The lowest BCUT2D eigenvalue weighted by Gasteiger charge is -2.27. The summed E-state index contributed by atoms with van der Waals surface area (Å²) in [4.78, 5) is 11.6. The second kappa shape index (κ2) is 4.58. The lowest BCUT2D eigenvalue weighted by atomic mass is 9.83. The molecule has 0 radical (unpaired) electrons. The summed E-state index contributed by atoms with van der Waals surface area (Å²) in [6.07, 6.45) is 0.465. The molecule has 0 bridgehead atoms. The van der Waals surface area contributed by atoms with Crippen LogP contribution >= 0.6 is 0 Å². The van der Waals surface area contributed by atoms with E-state index in [2.05, 4.69) is 0 Å². The maximum Gasteiger partial charge on any atom is 0.165 e. The minimum Gasteiger partial charge on any atom is -0.377 e. The Labute approximate surface area is 90.9 Å². The fraction of sp³-hybridized carbons (Fsp3) is 0.462. The minimum absolute atomic E-state index is 0.192. The summed E-state index contributed by atoms with van der Waals surface area (Å²) in [5, 5.41) is 10.4. The monoisotopic (exact) mass is 206 g/mol. The zero-order chi connectivity index (χ0) is 11.5. The van der Waals surface area contributed by atoms with Gasteiger partial charge in [0.2, 0.25) is 0 Å². The molecule has 1 aromatic rings. The van der Waals surface area contributed by atoms with Gasteiger partial charge in [0, 0.05) is 0 Å². The molecule has 1 rings (SSSR count). The van der Waals surface area contributed by atoms with Gasteiger partial charge in [-0.05, 0) is 24.8 Å². The number of Topliss-reactive ketones (excluding diaryl/α,β-unsaturated/α-hetero) is 1. The second-order valence-corrected chi connectivity index (χ2v) is 4.38. The van der Waals surface area contributed by atoms with Crippen molar-refractivity contribution in [1.82, 2.24) is 0 Å². The molecule has 2 nitrogen and oxygen atoms in total. The van der Waals surface area contributed by atoms with E-state index >= 15 is 0 Å². The van der Waals surface area contributed by atoms with Crippen molar-refractivity contribution in [2.45, 2.75) is 32.8 Å². The van der Waals surface area contributed by atoms with Crippen LogP contribution in [0, 0.1) is 5.92 Å². The molecule has 82 valence electrons. The van der Waals surface area contributed by atoms with Gasteiger partial charge in [-0.2, -0.15) is 0 Å². The van der Waals surface area contributed by atoms with Crippen molar-refractivity contribution in [3.05, 3.63) is 35.9 Å². The van der Waals surface area contributed by atoms with Gasteiger partial charge in [0.05, 0.1) is 0 Å². The van der Waals surface area contributed by atoms with Crippen molar-refractivity contribution >= 4 is 5.78 Å². The van der Waals surface area contributed by atoms with E-state index < -0.39 is 5.60 Å². The quantitative estimate of drug-likeness (QED) is 0.821. The molecule has 0 saturated carbocycles. The van der Waals surface area contributed by atoms with Crippen LogP contribution in [0.4, 0.5) is 0 Å². The highest BCUT2D eigenvalue weighted by Crippen LogP contribution is 2.29. The largest absolute Gasteiger partial charge is 0.377 e. The second-order valence-electron chi connectivity index (χ2n) is 4.38. The molecule has 0 amide bonds. The maximum absolute atomic E-state index is 11.6.